The van der Waals surface area contributed by atoms with Gasteiger partial charge >= 0.3 is 0 Å². The highest BCUT2D eigenvalue weighted by atomic mass is 32.2. The van der Waals surface area contributed by atoms with Gasteiger partial charge in [-0.3, -0.25) is 9.10 Å². The summed E-state index contributed by atoms with van der Waals surface area (Å²) in [5, 5.41) is 10.8. The van der Waals surface area contributed by atoms with Crippen LogP contribution in [0.5, 0.6) is 0 Å². The van der Waals surface area contributed by atoms with Crippen molar-refractivity contribution in [2.75, 3.05) is 23.7 Å². The third kappa shape index (κ3) is 4.01. The number of carbonyl (C=O) groups is 1. The van der Waals surface area contributed by atoms with Gasteiger partial charge in [-0.05, 0) is 25.1 Å². The minimum Gasteiger partial charge on any atom is -0.354 e. The molecule has 1 N–H and O–H groups in total. The van der Waals surface area contributed by atoms with Crippen LogP contribution in [0, 0.1) is 18.7 Å². The number of hydrogen-bond acceptors (Lipinski definition) is 5. The van der Waals surface area contributed by atoms with Crippen LogP contribution in [0.15, 0.2) is 24.3 Å². The number of aromatic nitrogens is 3. The maximum Gasteiger partial charge on any atom is 0.240 e. The van der Waals surface area contributed by atoms with Crippen molar-refractivity contribution in [1.29, 1.82) is 0 Å². The molecule has 1 aliphatic rings. The number of anilines is 1. The summed E-state index contributed by atoms with van der Waals surface area (Å²) < 4.78 is 40.3. The molecular formula is C16H20FN5O3S. The number of sulfonamides is 1. The van der Waals surface area contributed by atoms with Crippen molar-refractivity contribution >= 4 is 21.6 Å². The van der Waals surface area contributed by atoms with Crippen LogP contribution in [0.1, 0.15) is 11.6 Å². The molecule has 1 atom stereocenters. The van der Waals surface area contributed by atoms with Gasteiger partial charge in [-0.1, -0.05) is 6.07 Å². The van der Waals surface area contributed by atoms with Gasteiger partial charge < -0.3 is 9.88 Å². The minimum absolute atomic E-state index is 0.116. The van der Waals surface area contributed by atoms with Gasteiger partial charge in [0.05, 0.1) is 11.9 Å². The Bertz CT molecular complexity index is 928. The Kier molecular flexibility index (Phi) is 4.94. The number of nitrogens with zero attached hydrogens (tertiary/aromatic N) is 4. The minimum atomic E-state index is -3.72. The second-order valence-electron chi connectivity index (χ2n) is 6.40. The number of benzene rings is 1. The van der Waals surface area contributed by atoms with Crippen molar-refractivity contribution in [1.82, 2.24) is 20.1 Å². The lowest BCUT2D eigenvalue weighted by Crippen LogP contribution is -2.42. The first kappa shape index (κ1) is 18.3. The van der Waals surface area contributed by atoms with E-state index < -0.39 is 28.3 Å². The summed E-state index contributed by atoms with van der Waals surface area (Å²) >= 11 is 0. The maximum absolute atomic E-state index is 13.4. The van der Waals surface area contributed by atoms with E-state index in [-0.39, 0.29) is 11.6 Å². The highest BCUT2D eigenvalue weighted by Crippen LogP contribution is 2.20. The van der Waals surface area contributed by atoms with Crippen LogP contribution in [-0.4, -0.2) is 48.4 Å². The molecule has 3 rings (SSSR count). The number of hydrogen-bond donors (Lipinski definition) is 1. The molecule has 1 aliphatic heterocycles. The van der Waals surface area contributed by atoms with Crippen molar-refractivity contribution in [3.8, 4) is 0 Å². The number of rotatable bonds is 6. The number of halogens is 1. The lowest BCUT2D eigenvalue weighted by atomic mass is 10.1. The fraction of sp³-hybridized carbons (Fsp3) is 0.438. The van der Waals surface area contributed by atoms with Crippen LogP contribution < -0.4 is 9.62 Å². The number of nitrogens with one attached hydrogen (secondary N) is 1. The zero-order valence-corrected chi connectivity index (χ0v) is 15.3. The van der Waals surface area contributed by atoms with E-state index in [1.54, 1.807) is 0 Å². The first-order valence-electron chi connectivity index (χ1n) is 8.12. The third-order valence-corrected chi connectivity index (χ3v) is 5.44. The molecule has 26 heavy (non-hydrogen) atoms. The number of aryl methyl sites for hydroxylation is 1. The van der Waals surface area contributed by atoms with Crippen molar-refractivity contribution in [3.63, 3.8) is 0 Å². The van der Waals surface area contributed by atoms with Crippen LogP contribution >= 0.6 is 0 Å². The largest absolute Gasteiger partial charge is 0.354 e. The average Bonchev–Trinajstić information content (AvgIpc) is 3.11. The maximum atomic E-state index is 13.4. The summed E-state index contributed by atoms with van der Waals surface area (Å²) in [6.07, 6.45) is 1.69. The van der Waals surface area contributed by atoms with Gasteiger partial charge in [0.15, 0.2) is 0 Å². The number of carbonyl (C=O) groups excluding carboxylic acids is 1. The van der Waals surface area contributed by atoms with Gasteiger partial charge in [0, 0.05) is 25.4 Å². The summed E-state index contributed by atoms with van der Waals surface area (Å²) in [7, 11) is -3.72. The fourth-order valence-electron chi connectivity index (χ4n) is 3.01. The van der Waals surface area contributed by atoms with E-state index in [0.29, 0.717) is 19.5 Å². The van der Waals surface area contributed by atoms with Crippen molar-refractivity contribution < 1.29 is 17.6 Å². The van der Waals surface area contributed by atoms with E-state index in [1.807, 2.05) is 11.5 Å². The lowest BCUT2D eigenvalue weighted by Gasteiger charge is -2.22. The van der Waals surface area contributed by atoms with Crippen molar-refractivity contribution in [2.24, 2.45) is 5.92 Å². The Morgan fingerprint density at radius 1 is 1.42 bits per heavy atom. The van der Waals surface area contributed by atoms with Gasteiger partial charge in [0.1, 0.15) is 24.0 Å². The van der Waals surface area contributed by atoms with E-state index in [2.05, 4.69) is 15.5 Å². The first-order valence-corrected chi connectivity index (χ1v) is 9.97. The molecule has 0 saturated carbocycles. The van der Waals surface area contributed by atoms with E-state index in [4.69, 9.17) is 0 Å². The summed E-state index contributed by atoms with van der Waals surface area (Å²) in [5.41, 5.74) is 0.116. The highest BCUT2D eigenvalue weighted by Gasteiger charge is 2.26. The monoisotopic (exact) mass is 381 g/mol. The molecule has 1 unspecified atom stereocenters. The molecule has 0 spiro atoms. The fourth-order valence-corrected chi connectivity index (χ4v) is 3.86. The summed E-state index contributed by atoms with van der Waals surface area (Å²) in [6, 6.07) is 5.14. The van der Waals surface area contributed by atoms with E-state index in [1.165, 1.54) is 18.2 Å². The summed E-state index contributed by atoms with van der Waals surface area (Å²) in [5.74, 6) is 0.895. The molecule has 8 nitrogen and oxygen atoms in total. The van der Waals surface area contributed by atoms with Gasteiger partial charge in [-0.15, -0.1) is 10.2 Å². The number of amides is 1. The topological polar surface area (TPSA) is 97.2 Å². The molecule has 0 bridgehead atoms. The van der Waals surface area contributed by atoms with Gasteiger partial charge in [-0.2, -0.15) is 0 Å². The molecule has 140 valence electrons. The van der Waals surface area contributed by atoms with Crippen LogP contribution in [0.2, 0.25) is 0 Å². The molecule has 1 aromatic heterocycles. The average molecular weight is 381 g/mol. The number of fused-ring (bicyclic) bond motifs is 1. The summed E-state index contributed by atoms with van der Waals surface area (Å²) in [4.78, 5) is 12.2. The lowest BCUT2D eigenvalue weighted by molar-refractivity contribution is -0.119. The normalized spacial score (nSPS) is 16.3. The zero-order chi connectivity index (χ0) is 18.9. The van der Waals surface area contributed by atoms with Gasteiger partial charge in [0.25, 0.3) is 0 Å². The van der Waals surface area contributed by atoms with E-state index >= 15 is 0 Å². The Hall–Kier alpha value is -2.49. The van der Waals surface area contributed by atoms with Crippen LogP contribution in [-0.2, 0) is 27.8 Å². The molecule has 0 saturated heterocycles. The predicted octanol–water partition coefficient (Wildman–Crippen LogP) is 0.480. The van der Waals surface area contributed by atoms with Crippen LogP contribution in [0.3, 0.4) is 0 Å². The Morgan fingerprint density at radius 3 is 2.85 bits per heavy atom. The molecule has 1 aromatic carbocycles. The van der Waals surface area contributed by atoms with Gasteiger partial charge in [-0.25, -0.2) is 12.8 Å². The highest BCUT2D eigenvalue weighted by molar-refractivity contribution is 7.92. The Labute approximate surface area is 151 Å². The molecule has 10 heteroatoms. The first-order chi connectivity index (χ1) is 12.2. The molecule has 0 aliphatic carbocycles. The molecule has 2 aromatic rings. The Balaban J connectivity index is 1.60. The van der Waals surface area contributed by atoms with Crippen LogP contribution in [0.4, 0.5) is 10.1 Å². The van der Waals surface area contributed by atoms with E-state index in [0.717, 1.165) is 28.3 Å². The quantitative estimate of drug-likeness (QED) is 0.785. The summed E-state index contributed by atoms with van der Waals surface area (Å²) in [6.45, 7) is 2.59. The molecule has 0 fully saturated rings. The molecule has 2 heterocycles. The Morgan fingerprint density at radius 2 is 2.19 bits per heavy atom. The molecule has 1 amide bonds. The zero-order valence-electron chi connectivity index (χ0n) is 14.5. The van der Waals surface area contributed by atoms with E-state index in [9.17, 15) is 17.6 Å². The smallest absolute Gasteiger partial charge is 0.240 e. The van der Waals surface area contributed by atoms with Crippen LogP contribution in [0.25, 0.3) is 0 Å². The second kappa shape index (κ2) is 7.02. The van der Waals surface area contributed by atoms with Crippen molar-refractivity contribution in [2.45, 2.75) is 19.9 Å². The molecular weight excluding hydrogens is 361 g/mol. The van der Waals surface area contributed by atoms with Gasteiger partial charge in [0.2, 0.25) is 15.9 Å². The predicted molar refractivity (Wildman–Crippen MR) is 93.6 cm³/mol. The van der Waals surface area contributed by atoms with Crippen molar-refractivity contribution in [3.05, 3.63) is 41.7 Å². The standard InChI is InChI=1S/C16H20FN5O3S/c1-11-19-20-15-6-12(9-21(11)15)8-18-16(23)10-22(26(2,24)25)14-5-3-4-13(17)7-14/h3-5,7,12H,6,8-10H2,1-2H3,(H,18,23). The molecule has 0 radical (unpaired) electrons. The SMILES string of the molecule is Cc1nnc2n1CC(CNC(=O)CN(c1cccc(F)c1)S(C)(=O)=O)C2. The third-order valence-electron chi connectivity index (χ3n) is 4.30. The second-order valence-corrected chi connectivity index (χ2v) is 8.30.